The van der Waals surface area contributed by atoms with Crippen molar-refractivity contribution in [3.8, 4) is 0 Å². The lowest BCUT2D eigenvalue weighted by Crippen LogP contribution is -2.41. The van der Waals surface area contributed by atoms with Gasteiger partial charge in [-0.1, -0.05) is 0 Å². The molecule has 3 rings (SSSR count). The quantitative estimate of drug-likeness (QED) is 0.782. The number of halogens is 1. The first kappa shape index (κ1) is 9.39. The molecule has 1 N–H and O–H groups in total. The van der Waals surface area contributed by atoms with Crippen molar-refractivity contribution in [3.63, 3.8) is 0 Å². The summed E-state index contributed by atoms with van der Waals surface area (Å²) < 4.78 is 13.0. The van der Waals surface area contributed by atoms with Crippen LogP contribution in [0.15, 0.2) is 24.4 Å². The van der Waals surface area contributed by atoms with E-state index >= 15 is 0 Å². The molecule has 0 bridgehead atoms. The minimum Gasteiger partial charge on any atom is -0.360 e. The molecular weight excluding hydrogens is 207 g/mol. The molecule has 1 aliphatic rings. The third-order valence-electron chi connectivity index (χ3n) is 3.02. The lowest BCUT2D eigenvalue weighted by atomic mass is 10.1. The number of rotatable bonds is 1. The summed E-state index contributed by atoms with van der Waals surface area (Å²) in [5, 5.41) is 0.790. The number of amides is 1. The molecule has 1 aliphatic heterocycles. The van der Waals surface area contributed by atoms with Gasteiger partial charge < -0.3 is 9.88 Å². The minimum atomic E-state index is -0.294. The maximum absolute atomic E-state index is 13.0. The van der Waals surface area contributed by atoms with Crippen LogP contribution in [0.1, 0.15) is 16.8 Å². The highest BCUT2D eigenvalue weighted by molar-refractivity contribution is 6.06. The van der Waals surface area contributed by atoms with E-state index in [4.69, 9.17) is 0 Å². The lowest BCUT2D eigenvalue weighted by Gasteiger charge is -2.30. The first-order valence-corrected chi connectivity index (χ1v) is 5.31. The number of H-pyrrole nitrogens is 1. The largest absolute Gasteiger partial charge is 0.360 e. The number of benzene rings is 1. The molecule has 82 valence electrons. The van der Waals surface area contributed by atoms with Crippen molar-refractivity contribution in [1.82, 2.24) is 9.88 Å². The van der Waals surface area contributed by atoms with Crippen molar-refractivity contribution in [2.24, 2.45) is 0 Å². The third kappa shape index (κ3) is 1.30. The Hall–Kier alpha value is -1.84. The van der Waals surface area contributed by atoms with Gasteiger partial charge in [-0.2, -0.15) is 0 Å². The van der Waals surface area contributed by atoms with Crippen LogP contribution in [0.25, 0.3) is 10.9 Å². The zero-order valence-corrected chi connectivity index (χ0v) is 8.66. The number of aromatic amines is 1. The Labute approximate surface area is 91.9 Å². The van der Waals surface area contributed by atoms with Gasteiger partial charge in [0, 0.05) is 30.2 Å². The van der Waals surface area contributed by atoms with Gasteiger partial charge in [0.05, 0.1) is 5.56 Å². The number of aromatic nitrogens is 1. The normalized spacial score (nSPS) is 15.2. The van der Waals surface area contributed by atoms with Crippen LogP contribution in [0.2, 0.25) is 0 Å². The van der Waals surface area contributed by atoms with Crippen LogP contribution in [0.4, 0.5) is 4.39 Å². The van der Waals surface area contributed by atoms with E-state index < -0.39 is 0 Å². The molecule has 4 heteroatoms. The summed E-state index contributed by atoms with van der Waals surface area (Å²) in [7, 11) is 0. The van der Waals surface area contributed by atoms with Crippen LogP contribution in [-0.2, 0) is 0 Å². The third-order valence-corrected chi connectivity index (χ3v) is 3.02. The SMILES string of the molecule is O=C(c1c[nH]c2cc(F)ccc12)N1CCC1. The summed E-state index contributed by atoms with van der Waals surface area (Å²) >= 11 is 0. The number of likely N-dealkylation sites (tertiary alicyclic amines) is 1. The van der Waals surface area contributed by atoms with E-state index in [1.807, 2.05) is 0 Å². The first-order valence-electron chi connectivity index (χ1n) is 5.31. The van der Waals surface area contributed by atoms with Gasteiger partial charge in [-0.3, -0.25) is 4.79 Å². The summed E-state index contributed by atoms with van der Waals surface area (Å²) in [6, 6.07) is 4.43. The first-order chi connectivity index (χ1) is 7.75. The summed E-state index contributed by atoms with van der Waals surface area (Å²) in [6.07, 6.45) is 2.73. The summed E-state index contributed by atoms with van der Waals surface area (Å²) in [5.41, 5.74) is 1.30. The average molecular weight is 218 g/mol. The molecule has 1 amide bonds. The molecule has 16 heavy (non-hydrogen) atoms. The second-order valence-electron chi connectivity index (χ2n) is 4.04. The number of nitrogens with one attached hydrogen (secondary N) is 1. The average Bonchev–Trinajstić information content (AvgIpc) is 2.57. The van der Waals surface area contributed by atoms with Crippen LogP contribution in [-0.4, -0.2) is 28.9 Å². The molecule has 0 spiro atoms. The highest BCUT2D eigenvalue weighted by Crippen LogP contribution is 2.22. The second-order valence-corrected chi connectivity index (χ2v) is 4.04. The van der Waals surface area contributed by atoms with Crippen LogP contribution in [0.5, 0.6) is 0 Å². The lowest BCUT2D eigenvalue weighted by molar-refractivity contribution is 0.0654. The van der Waals surface area contributed by atoms with Crippen molar-refractivity contribution >= 4 is 16.8 Å². The molecule has 0 radical (unpaired) electrons. The van der Waals surface area contributed by atoms with Gasteiger partial charge in [-0.25, -0.2) is 4.39 Å². The molecule has 1 fully saturated rings. The van der Waals surface area contributed by atoms with Crippen molar-refractivity contribution in [1.29, 1.82) is 0 Å². The van der Waals surface area contributed by atoms with Gasteiger partial charge in [0.1, 0.15) is 5.82 Å². The predicted molar refractivity (Wildman–Crippen MR) is 58.8 cm³/mol. The zero-order valence-electron chi connectivity index (χ0n) is 8.66. The molecule has 0 saturated carbocycles. The van der Waals surface area contributed by atoms with E-state index in [2.05, 4.69) is 4.98 Å². The fraction of sp³-hybridized carbons (Fsp3) is 0.250. The van der Waals surface area contributed by atoms with E-state index in [-0.39, 0.29) is 11.7 Å². The van der Waals surface area contributed by atoms with E-state index in [0.717, 1.165) is 24.9 Å². The number of nitrogens with zero attached hydrogens (tertiary/aromatic N) is 1. The molecular formula is C12H11FN2O. The van der Waals surface area contributed by atoms with E-state index in [1.54, 1.807) is 17.2 Å². The van der Waals surface area contributed by atoms with E-state index in [9.17, 15) is 9.18 Å². The molecule has 0 atom stereocenters. The molecule has 1 aromatic carbocycles. The topological polar surface area (TPSA) is 36.1 Å². The number of hydrogen-bond acceptors (Lipinski definition) is 1. The van der Waals surface area contributed by atoms with Crippen LogP contribution in [0, 0.1) is 5.82 Å². The van der Waals surface area contributed by atoms with E-state index in [1.165, 1.54) is 12.1 Å². The molecule has 2 aromatic rings. The maximum atomic E-state index is 13.0. The highest BCUT2D eigenvalue weighted by Gasteiger charge is 2.23. The molecule has 1 aromatic heterocycles. The fourth-order valence-electron chi connectivity index (χ4n) is 1.97. The van der Waals surface area contributed by atoms with Crippen molar-refractivity contribution < 1.29 is 9.18 Å². The Balaban J connectivity index is 2.06. The Morgan fingerprint density at radius 3 is 2.88 bits per heavy atom. The summed E-state index contributed by atoms with van der Waals surface area (Å²) in [6.45, 7) is 1.65. The van der Waals surface area contributed by atoms with E-state index in [0.29, 0.717) is 11.1 Å². The minimum absolute atomic E-state index is 0.0316. The predicted octanol–water partition coefficient (Wildman–Crippen LogP) is 2.15. The molecule has 0 unspecified atom stereocenters. The molecule has 1 saturated heterocycles. The number of hydrogen-bond donors (Lipinski definition) is 1. The Kier molecular flexibility index (Phi) is 1.96. The second kappa shape index (κ2) is 3.33. The van der Waals surface area contributed by atoms with Gasteiger partial charge in [0.2, 0.25) is 0 Å². The standard InChI is InChI=1S/C12H11FN2O/c13-8-2-3-9-10(7-14-11(9)6-8)12(16)15-4-1-5-15/h2-3,6-7,14H,1,4-5H2. The van der Waals surface area contributed by atoms with Gasteiger partial charge >= 0.3 is 0 Å². The summed E-state index contributed by atoms with van der Waals surface area (Å²) in [4.78, 5) is 16.7. The zero-order chi connectivity index (χ0) is 11.1. The molecule has 2 heterocycles. The van der Waals surface area contributed by atoms with Crippen LogP contribution in [0.3, 0.4) is 0 Å². The number of carbonyl (C=O) groups excluding carboxylic acids is 1. The Bertz CT molecular complexity index is 557. The van der Waals surface area contributed by atoms with Crippen molar-refractivity contribution in [2.75, 3.05) is 13.1 Å². The summed E-state index contributed by atoms with van der Waals surface area (Å²) in [5.74, 6) is -0.263. The highest BCUT2D eigenvalue weighted by atomic mass is 19.1. The fourth-order valence-corrected chi connectivity index (χ4v) is 1.97. The maximum Gasteiger partial charge on any atom is 0.256 e. The van der Waals surface area contributed by atoms with Gasteiger partial charge in [0.25, 0.3) is 5.91 Å². The van der Waals surface area contributed by atoms with Crippen molar-refractivity contribution in [2.45, 2.75) is 6.42 Å². The van der Waals surface area contributed by atoms with Crippen LogP contribution < -0.4 is 0 Å². The Morgan fingerprint density at radius 2 is 2.19 bits per heavy atom. The monoisotopic (exact) mass is 218 g/mol. The smallest absolute Gasteiger partial charge is 0.256 e. The van der Waals surface area contributed by atoms with Crippen molar-refractivity contribution in [3.05, 3.63) is 35.8 Å². The van der Waals surface area contributed by atoms with Gasteiger partial charge in [-0.15, -0.1) is 0 Å². The van der Waals surface area contributed by atoms with Gasteiger partial charge in [0.15, 0.2) is 0 Å². The van der Waals surface area contributed by atoms with Crippen LogP contribution >= 0.6 is 0 Å². The molecule has 0 aliphatic carbocycles. The molecule has 3 nitrogen and oxygen atoms in total. The van der Waals surface area contributed by atoms with Gasteiger partial charge in [-0.05, 0) is 24.6 Å². The number of carbonyl (C=O) groups is 1. The number of fused-ring (bicyclic) bond motifs is 1. The Morgan fingerprint density at radius 1 is 1.38 bits per heavy atom.